The second-order valence-electron chi connectivity index (χ2n) is 4.93. The zero-order chi connectivity index (χ0) is 13.5. The SMILES string of the molecule is C(OCC1CO1)C1CO1.C=CCc1ccc(C)cc1. The number of hydrogen-bond acceptors (Lipinski definition) is 3. The van der Waals surface area contributed by atoms with Crippen molar-refractivity contribution in [2.24, 2.45) is 0 Å². The fourth-order valence-electron chi connectivity index (χ4n) is 1.55. The Morgan fingerprint density at radius 1 is 1.16 bits per heavy atom. The molecule has 2 aliphatic rings. The third-order valence-corrected chi connectivity index (χ3v) is 2.91. The van der Waals surface area contributed by atoms with E-state index in [0.29, 0.717) is 12.2 Å². The third kappa shape index (κ3) is 6.53. The van der Waals surface area contributed by atoms with E-state index in [4.69, 9.17) is 14.2 Å². The van der Waals surface area contributed by atoms with Crippen LogP contribution in [0.25, 0.3) is 0 Å². The summed E-state index contributed by atoms with van der Waals surface area (Å²) >= 11 is 0. The minimum absolute atomic E-state index is 0.392. The minimum atomic E-state index is 0.392. The molecule has 19 heavy (non-hydrogen) atoms. The highest BCUT2D eigenvalue weighted by molar-refractivity contribution is 5.22. The van der Waals surface area contributed by atoms with Crippen molar-refractivity contribution in [1.82, 2.24) is 0 Å². The lowest BCUT2D eigenvalue weighted by Crippen LogP contribution is -2.06. The first-order valence-electron chi connectivity index (χ1n) is 6.75. The van der Waals surface area contributed by atoms with E-state index in [9.17, 15) is 0 Å². The highest BCUT2D eigenvalue weighted by Crippen LogP contribution is 2.12. The van der Waals surface area contributed by atoms with Crippen molar-refractivity contribution in [3.63, 3.8) is 0 Å². The highest BCUT2D eigenvalue weighted by atomic mass is 16.6. The normalized spacial score (nSPS) is 23.2. The summed E-state index contributed by atoms with van der Waals surface area (Å²) in [4.78, 5) is 0. The molecule has 3 nitrogen and oxygen atoms in total. The molecule has 0 aliphatic carbocycles. The number of epoxide rings is 2. The number of aryl methyl sites for hydroxylation is 1. The number of benzene rings is 1. The van der Waals surface area contributed by atoms with Crippen LogP contribution in [0.15, 0.2) is 36.9 Å². The predicted octanol–water partition coefficient (Wildman–Crippen LogP) is 2.52. The molecule has 0 saturated carbocycles. The van der Waals surface area contributed by atoms with E-state index >= 15 is 0 Å². The van der Waals surface area contributed by atoms with Crippen LogP contribution in [0.4, 0.5) is 0 Å². The Morgan fingerprint density at radius 2 is 1.68 bits per heavy atom. The van der Waals surface area contributed by atoms with Crippen molar-refractivity contribution in [2.75, 3.05) is 26.4 Å². The van der Waals surface area contributed by atoms with Gasteiger partial charge in [0.05, 0.1) is 26.4 Å². The van der Waals surface area contributed by atoms with Gasteiger partial charge in [-0.15, -0.1) is 6.58 Å². The zero-order valence-electron chi connectivity index (χ0n) is 11.5. The summed E-state index contributed by atoms with van der Waals surface area (Å²) in [6.07, 6.45) is 3.68. The molecular formula is C16H22O3. The minimum Gasteiger partial charge on any atom is -0.376 e. The molecule has 2 atom stereocenters. The van der Waals surface area contributed by atoms with Gasteiger partial charge in [-0.2, -0.15) is 0 Å². The topological polar surface area (TPSA) is 34.3 Å². The van der Waals surface area contributed by atoms with Crippen LogP contribution in [0.3, 0.4) is 0 Å². The summed E-state index contributed by atoms with van der Waals surface area (Å²) in [7, 11) is 0. The molecule has 2 aliphatic heterocycles. The fourth-order valence-corrected chi connectivity index (χ4v) is 1.55. The summed E-state index contributed by atoms with van der Waals surface area (Å²) < 4.78 is 15.1. The van der Waals surface area contributed by atoms with E-state index in [2.05, 4.69) is 37.8 Å². The Kier molecular flexibility index (Phi) is 5.58. The Labute approximate surface area is 115 Å². The number of allylic oxidation sites excluding steroid dienone is 1. The van der Waals surface area contributed by atoms with Gasteiger partial charge in [0, 0.05) is 0 Å². The Bertz CT molecular complexity index is 365. The standard InChI is InChI=1S/C10H12.C6H10O3/c1-3-4-10-7-5-9(2)6-8-10;1(5-3-8-5)7-2-6-4-9-6/h3,5-8H,1,4H2,2H3;5-6H,1-4H2. The first-order valence-corrected chi connectivity index (χ1v) is 6.75. The lowest BCUT2D eigenvalue weighted by Gasteiger charge is -1.95. The van der Waals surface area contributed by atoms with E-state index in [1.54, 1.807) is 0 Å². The Hall–Kier alpha value is -1.16. The number of rotatable bonds is 6. The van der Waals surface area contributed by atoms with Crippen LogP contribution in [0.2, 0.25) is 0 Å². The van der Waals surface area contributed by atoms with Gasteiger partial charge in [-0.1, -0.05) is 35.9 Å². The van der Waals surface area contributed by atoms with Crippen molar-refractivity contribution < 1.29 is 14.2 Å². The van der Waals surface area contributed by atoms with Gasteiger partial charge in [-0.05, 0) is 18.9 Å². The molecule has 3 rings (SSSR count). The van der Waals surface area contributed by atoms with Gasteiger partial charge < -0.3 is 14.2 Å². The molecule has 0 spiro atoms. The number of hydrogen-bond donors (Lipinski definition) is 0. The van der Waals surface area contributed by atoms with Crippen molar-refractivity contribution in [2.45, 2.75) is 25.6 Å². The molecule has 2 heterocycles. The largest absolute Gasteiger partial charge is 0.376 e. The molecule has 0 amide bonds. The molecule has 1 aromatic rings. The van der Waals surface area contributed by atoms with Crippen molar-refractivity contribution in [3.8, 4) is 0 Å². The summed E-state index contributed by atoms with van der Waals surface area (Å²) in [5.41, 5.74) is 2.65. The molecule has 0 aromatic heterocycles. The molecule has 2 unspecified atom stereocenters. The summed E-state index contributed by atoms with van der Waals surface area (Å²) in [5, 5.41) is 0. The number of ether oxygens (including phenoxy) is 3. The average Bonchev–Trinajstić information content (AvgIpc) is 3.27. The Morgan fingerprint density at radius 3 is 2.11 bits per heavy atom. The van der Waals surface area contributed by atoms with E-state index in [1.165, 1.54) is 11.1 Å². The highest BCUT2D eigenvalue weighted by Gasteiger charge is 2.26. The first kappa shape index (κ1) is 14.3. The second-order valence-corrected chi connectivity index (χ2v) is 4.93. The van der Waals surface area contributed by atoms with Crippen LogP contribution in [-0.4, -0.2) is 38.6 Å². The maximum atomic E-state index is 5.23. The van der Waals surface area contributed by atoms with Gasteiger partial charge in [0.15, 0.2) is 0 Å². The maximum Gasteiger partial charge on any atom is 0.104 e. The molecule has 0 radical (unpaired) electrons. The van der Waals surface area contributed by atoms with Crippen LogP contribution in [0, 0.1) is 6.92 Å². The van der Waals surface area contributed by atoms with Crippen LogP contribution in [0.5, 0.6) is 0 Å². The molecule has 1 aromatic carbocycles. The van der Waals surface area contributed by atoms with Crippen LogP contribution >= 0.6 is 0 Å². The molecule has 0 bridgehead atoms. The van der Waals surface area contributed by atoms with E-state index < -0.39 is 0 Å². The van der Waals surface area contributed by atoms with E-state index in [1.807, 2.05) is 6.08 Å². The van der Waals surface area contributed by atoms with Crippen LogP contribution in [-0.2, 0) is 20.6 Å². The molecule has 104 valence electrons. The quantitative estimate of drug-likeness (QED) is 0.583. The van der Waals surface area contributed by atoms with Gasteiger partial charge in [0.1, 0.15) is 12.2 Å². The summed E-state index contributed by atoms with van der Waals surface area (Å²) in [5.74, 6) is 0. The van der Waals surface area contributed by atoms with Crippen molar-refractivity contribution >= 4 is 0 Å². The van der Waals surface area contributed by atoms with E-state index in [-0.39, 0.29) is 0 Å². The smallest absolute Gasteiger partial charge is 0.104 e. The molecule has 2 saturated heterocycles. The van der Waals surface area contributed by atoms with Gasteiger partial charge in [-0.3, -0.25) is 0 Å². The van der Waals surface area contributed by atoms with Crippen LogP contribution < -0.4 is 0 Å². The Balaban J connectivity index is 0.000000141. The van der Waals surface area contributed by atoms with Crippen molar-refractivity contribution in [3.05, 3.63) is 48.0 Å². The first-order chi connectivity index (χ1) is 9.28. The van der Waals surface area contributed by atoms with Gasteiger partial charge in [-0.25, -0.2) is 0 Å². The molecule has 3 heteroatoms. The monoisotopic (exact) mass is 262 g/mol. The second kappa shape index (κ2) is 7.43. The van der Waals surface area contributed by atoms with Gasteiger partial charge in [0.25, 0.3) is 0 Å². The van der Waals surface area contributed by atoms with Gasteiger partial charge in [0.2, 0.25) is 0 Å². The lowest BCUT2D eigenvalue weighted by atomic mass is 10.1. The summed E-state index contributed by atoms with van der Waals surface area (Å²) in [6, 6.07) is 8.52. The third-order valence-electron chi connectivity index (χ3n) is 2.91. The zero-order valence-corrected chi connectivity index (χ0v) is 11.5. The molecule has 2 fully saturated rings. The summed E-state index contributed by atoms with van der Waals surface area (Å²) in [6.45, 7) is 9.03. The lowest BCUT2D eigenvalue weighted by molar-refractivity contribution is 0.102. The van der Waals surface area contributed by atoms with Crippen molar-refractivity contribution in [1.29, 1.82) is 0 Å². The maximum absolute atomic E-state index is 5.23. The molecular weight excluding hydrogens is 240 g/mol. The van der Waals surface area contributed by atoms with Crippen LogP contribution in [0.1, 0.15) is 11.1 Å². The van der Waals surface area contributed by atoms with Gasteiger partial charge >= 0.3 is 0 Å². The van der Waals surface area contributed by atoms with E-state index in [0.717, 1.165) is 32.8 Å². The molecule has 0 N–H and O–H groups in total. The predicted molar refractivity (Wildman–Crippen MR) is 75.4 cm³/mol. The average molecular weight is 262 g/mol. The fraction of sp³-hybridized carbons (Fsp3) is 0.500.